The molecular weight excluding hydrogens is 162 g/mol. The van der Waals surface area contributed by atoms with E-state index in [1.807, 2.05) is 6.20 Å². The highest BCUT2D eigenvalue weighted by Crippen LogP contribution is 2.27. The number of rotatable bonds is 0. The molecule has 0 bridgehead atoms. The standard InChI is InChI=1S/C10H15N3/c1-10(2,3)13-5-4-8-9(13)7(11)6-12-8/h4-6,12H,11H2,1-3H3. The molecule has 0 amide bonds. The smallest absolute Gasteiger partial charge is 0.0899 e. The number of nitrogen functional groups attached to an aromatic ring is 1. The minimum Gasteiger partial charge on any atom is -0.396 e. The van der Waals surface area contributed by atoms with Crippen molar-refractivity contribution in [1.82, 2.24) is 9.55 Å². The number of hydrogen-bond acceptors (Lipinski definition) is 1. The minimum absolute atomic E-state index is 0.0814. The van der Waals surface area contributed by atoms with E-state index in [0.717, 1.165) is 16.7 Å². The van der Waals surface area contributed by atoms with E-state index in [4.69, 9.17) is 5.73 Å². The topological polar surface area (TPSA) is 46.7 Å². The van der Waals surface area contributed by atoms with E-state index in [-0.39, 0.29) is 5.54 Å². The summed E-state index contributed by atoms with van der Waals surface area (Å²) in [5.74, 6) is 0. The van der Waals surface area contributed by atoms with Crippen molar-refractivity contribution in [3.63, 3.8) is 0 Å². The van der Waals surface area contributed by atoms with Gasteiger partial charge in [-0.15, -0.1) is 0 Å². The molecule has 0 aliphatic rings. The maximum Gasteiger partial charge on any atom is 0.0899 e. The molecule has 0 aliphatic heterocycles. The normalized spacial score (nSPS) is 12.5. The van der Waals surface area contributed by atoms with Gasteiger partial charge >= 0.3 is 0 Å². The summed E-state index contributed by atoms with van der Waals surface area (Å²) in [4.78, 5) is 3.13. The van der Waals surface area contributed by atoms with E-state index in [0.29, 0.717) is 0 Å². The lowest BCUT2D eigenvalue weighted by Gasteiger charge is -2.22. The quantitative estimate of drug-likeness (QED) is 0.637. The molecule has 2 rings (SSSR count). The first-order valence-corrected chi connectivity index (χ1v) is 4.44. The summed E-state index contributed by atoms with van der Waals surface area (Å²) in [7, 11) is 0. The van der Waals surface area contributed by atoms with Crippen LogP contribution in [0.1, 0.15) is 20.8 Å². The maximum absolute atomic E-state index is 5.87. The summed E-state index contributed by atoms with van der Waals surface area (Å²) in [6.07, 6.45) is 3.91. The largest absolute Gasteiger partial charge is 0.396 e. The number of fused-ring (bicyclic) bond motifs is 1. The van der Waals surface area contributed by atoms with Crippen LogP contribution in [-0.4, -0.2) is 9.55 Å². The van der Waals surface area contributed by atoms with Gasteiger partial charge < -0.3 is 15.3 Å². The molecule has 2 aromatic rings. The summed E-state index contributed by atoms with van der Waals surface area (Å²) in [6, 6.07) is 2.05. The zero-order valence-corrected chi connectivity index (χ0v) is 8.26. The zero-order chi connectivity index (χ0) is 9.64. The van der Waals surface area contributed by atoms with Crippen LogP contribution >= 0.6 is 0 Å². The van der Waals surface area contributed by atoms with E-state index in [9.17, 15) is 0 Å². The molecule has 0 radical (unpaired) electrons. The third-order valence-corrected chi connectivity index (χ3v) is 2.27. The number of hydrogen-bond donors (Lipinski definition) is 2. The average Bonchev–Trinajstić information content (AvgIpc) is 2.51. The molecule has 0 spiro atoms. The van der Waals surface area contributed by atoms with Crippen molar-refractivity contribution in [3.05, 3.63) is 18.5 Å². The molecule has 2 heterocycles. The average molecular weight is 177 g/mol. The second-order valence-corrected chi connectivity index (χ2v) is 4.36. The Labute approximate surface area is 77.5 Å². The Balaban J connectivity index is 2.76. The summed E-state index contributed by atoms with van der Waals surface area (Å²) < 4.78 is 2.19. The van der Waals surface area contributed by atoms with Crippen molar-refractivity contribution < 1.29 is 0 Å². The molecule has 3 heteroatoms. The molecule has 0 saturated heterocycles. The van der Waals surface area contributed by atoms with Crippen molar-refractivity contribution in [2.75, 3.05) is 5.73 Å². The third-order valence-electron chi connectivity index (χ3n) is 2.27. The molecule has 3 nitrogen and oxygen atoms in total. The van der Waals surface area contributed by atoms with E-state index in [1.165, 1.54) is 0 Å². The fourth-order valence-electron chi connectivity index (χ4n) is 1.63. The van der Waals surface area contributed by atoms with Gasteiger partial charge in [-0.3, -0.25) is 0 Å². The van der Waals surface area contributed by atoms with Gasteiger partial charge in [-0.05, 0) is 26.8 Å². The van der Waals surface area contributed by atoms with Crippen LogP contribution in [0.4, 0.5) is 5.69 Å². The maximum atomic E-state index is 5.87. The Kier molecular flexibility index (Phi) is 1.46. The molecule has 3 N–H and O–H groups in total. The molecule has 0 saturated carbocycles. The highest BCUT2D eigenvalue weighted by atomic mass is 15.1. The second-order valence-electron chi connectivity index (χ2n) is 4.36. The SMILES string of the molecule is CC(C)(C)n1ccc2[nH]cc(N)c21. The third kappa shape index (κ3) is 1.11. The molecule has 0 aliphatic carbocycles. The Bertz CT molecular complexity index is 428. The Morgan fingerprint density at radius 3 is 2.69 bits per heavy atom. The summed E-state index contributed by atoms with van der Waals surface area (Å²) in [6.45, 7) is 6.50. The first-order valence-electron chi connectivity index (χ1n) is 4.44. The monoisotopic (exact) mass is 177 g/mol. The van der Waals surface area contributed by atoms with Crippen molar-refractivity contribution in [3.8, 4) is 0 Å². The lowest BCUT2D eigenvalue weighted by Crippen LogP contribution is -2.20. The Hall–Kier alpha value is -1.38. The lowest BCUT2D eigenvalue weighted by molar-refractivity contribution is 0.411. The van der Waals surface area contributed by atoms with Crippen LogP contribution in [0.15, 0.2) is 18.5 Å². The van der Waals surface area contributed by atoms with Gasteiger partial charge in [0.25, 0.3) is 0 Å². The molecular formula is C10H15N3. The highest BCUT2D eigenvalue weighted by molar-refractivity contribution is 5.88. The second kappa shape index (κ2) is 2.31. The van der Waals surface area contributed by atoms with Gasteiger partial charge in [-0.1, -0.05) is 0 Å². The van der Waals surface area contributed by atoms with Crippen LogP contribution in [0.2, 0.25) is 0 Å². The van der Waals surface area contributed by atoms with Crippen molar-refractivity contribution in [2.24, 2.45) is 0 Å². The fourth-order valence-corrected chi connectivity index (χ4v) is 1.63. The molecule has 70 valence electrons. The van der Waals surface area contributed by atoms with Gasteiger partial charge in [0, 0.05) is 17.9 Å². The van der Waals surface area contributed by atoms with Gasteiger partial charge in [0.1, 0.15) is 0 Å². The summed E-state index contributed by atoms with van der Waals surface area (Å²) >= 11 is 0. The number of H-pyrrole nitrogens is 1. The number of nitrogens with one attached hydrogen (secondary N) is 1. The fraction of sp³-hybridized carbons (Fsp3) is 0.400. The van der Waals surface area contributed by atoms with Crippen LogP contribution < -0.4 is 5.73 Å². The molecule has 2 aromatic heterocycles. The van der Waals surface area contributed by atoms with E-state index in [2.05, 4.69) is 42.6 Å². The number of aromatic nitrogens is 2. The first kappa shape index (κ1) is 8.23. The Morgan fingerprint density at radius 2 is 2.08 bits per heavy atom. The Morgan fingerprint density at radius 1 is 1.38 bits per heavy atom. The van der Waals surface area contributed by atoms with E-state index >= 15 is 0 Å². The zero-order valence-electron chi connectivity index (χ0n) is 8.26. The summed E-state index contributed by atoms with van der Waals surface area (Å²) in [5.41, 5.74) is 8.97. The molecule has 0 unspecified atom stereocenters. The predicted octanol–water partition coefficient (Wildman–Crippen LogP) is 2.31. The minimum atomic E-state index is 0.0814. The van der Waals surface area contributed by atoms with Crippen molar-refractivity contribution in [2.45, 2.75) is 26.3 Å². The van der Waals surface area contributed by atoms with Crippen LogP contribution in [0.5, 0.6) is 0 Å². The van der Waals surface area contributed by atoms with Crippen LogP contribution in [0.25, 0.3) is 11.0 Å². The lowest BCUT2D eigenvalue weighted by atomic mass is 10.1. The molecule has 13 heavy (non-hydrogen) atoms. The highest BCUT2D eigenvalue weighted by Gasteiger charge is 2.16. The predicted molar refractivity (Wildman–Crippen MR) is 55.7 cm³/mol. The molecule has 0 fully saturated rings. The first-order chi connectivity index (χ1) is 6.00. The van der Waals surface area contributed by atoms with Crippen molar-refractivity contribution in [1.29, 1.82) is 0 Å². The van der Waals surface area contributed by atoms with Crippen LogP contribution in [0.3, 0.4) is 0 Å². The van der Waals surface area contributed by atoms with Gasteiger partial charge in [0.05, 0.1) is 16.7 Å². The number of nitrogens with zero attached hydrogens (tertiary/aromatic N) is 1. The van der Waals surface area contributed by atoms with E-state index < -0.39 is 0 Å². The summed E-state index contributed by atoms with van der Waals surface area (Å²) in [5, 5.41) is 0. The van der Waals surface area contributed by atoms with Gasteiger partial charge in [0.15, 0.2) is 0 Å². The number of anilines is 1. The number of nitrogens with two attached hydrogens (primary N) is 1. The van der Waals surface area contributed by atoms with Gasteiger partial charge in [0.2, 0.25) is 0 Å². The van der Waals surface area contributed by atoms with Crippen LogP contribution in [-0.2, 0) is 5.54 Å². The van der Waals surface area contributed by atoms with Gasteiger partial charge in [-0.25, -0.2) is 0 Å². The van der Waals surface area contributed by atoms with Crippen LogP contribution in [0, 0.1) is 0 Å². The number of aromatic amines is 1. The van der Waals surface area contributed by atoms with Crippen molar-refractivity contribution >= 4 is 16.7 Å². The van der Waals surface area contributed by atoms with E-state index in [1.54, 1.807) is 0 Å². The molecule has 0 atom stereocenters. The molecule has 0 aromatic carbocycles. The van der Waals surface area contributed by atoms with Gasteiger partial charge in [-0.2, -0.15) is 0 Å².